The number of nitrogens with zero attached hydrogens (tertiary/aromatic N) is 2. The number of aryl methyl sites for hydroxylation is 2. The Morgan fingerprint density at radius 1 is 1.00 bits per heavy atom. The van der Waals surface area contributed by atoms with Crippen molar-refractivity contribution in [1.82, 2.24) is 9.97 Å². The topological polar surface area (TPSA) is 118 Å². The van der Waals surface area contributed by atoms with Crippen LogP contribution in [0.2, 0.25) is 0 Å². The van der Waals surface area contributed by atoms with Gasteiger partial charge in [0.05, 0.1) is 11.1 Å². The number of pyridine rings is 2. The Morgan fingerprint density at radius 2 is 1.67 bits per heavy atom. The molecular formula is C20H18N4O3. The lowest BCUT2D eigenvalue weighted by atomic mass is 10.0. The zero-order valence-electron chi connectivity index (χ0n) is 14.4. The summed E-state index contributed by atoms with van der Waals surface area (Å²) in [6, 6.07) is 11.8. The van der Waals surface area contributed by atoms with Crippen molar-refractivity contribution < 1.29 is 14.7 Å². The highest BCUT2D eigenvalue weighted by molar-refractivity contribution is 6.07. The molecule has 7 nitrogen and oxygen atoms in total. The number of hydrogen-bond donors (Lipinski definition) is 3. The second-order valence-corrected chi connectivity index (χ2v) is 5.97. The number of nitrogen functional groups attached to an aromatic ring is 1. The molecule has 27 heavy (non-hydrogen) atoms. The molecule has 4 N–H and O–H groups in total. The van der Waals surface area contributed by atoms with Gasteiger partial charge in [-0.15, -0.1) is 0 Å². The molecule has 136 valence electrons. The number of amides is 1. The van der Waals surface area contributed by atoms with E-state index in [1.807, 2.05) is 0 Å². The maximum atomic E-state index is 12.5. The van der Waals surface area contributed by atoms with Crippen LogP contribution in [0.3, 0.4) is 0 Å². The predicted octanol–water partition coefficient (Wildman–Crippen LogP) is 2.79. The summed E-state index contributed by atoms with van der Waals surface area (Å²) in [5.41, 5.74) is 8.91. The molecule has 2 aromatic heterocycles. The normalized spacial score (nSPS) is 10.4. The van der Waals surface area contributed by atoms with E-state index in [4.69, 9.17) is 10.8 Å². The van der Waals surface area contributed by atoms with Crippen LogP contribution in [0.1, 0.15) is 31.8 Å². The van der Waals surface area contributed by atoms with Gasteiger partial charge in [0.1, 0.15) is 5.82 Å². The van der Waals surface area contributed by atoms with Crippen LogP contribution in [0, 0.1) is 0 Å². The van der Waals surface area contributed by atoms with Crippen LogP contribution in [0.4, 0.5) is 11.5 Å². The summed E-state index contributed by atoms with van der Waals surface area (Å²) in [5, 5.41) is 11.7. The summed E-state index contributed by atoms with van der Waals surface area (Å²) in [6.45, 7) is 0. The Balaban J connectivity index is 1.69. The maximum absolute atomic E-state index is 12.5. The van der Waals surface area contributed by atoms with Crippen molar-refractivity contribution >= 4 is 23.4 Å². The Hall–Kier alpha value is -3.74. The molecule has 3 aromatic rings. The van der Waals surface area contributed by atoms with Gasteiger partial charge in [0, 0.05) is 24.3 Å². The largest absolute Gasteiger partial charge is 0.478 e. The van der Waals surface area contributed by atoms with Gasteiger partial charge in [0.2, 0.25) is 0 Å². The van der Waals surface area contributed by atoms with Crippen LogP contribution in [-0.2, 0) is 12.8 Å². The van der Waals surface area contributed by atoms with E-state index in [0.29, 0.717) is 24.1 Å². The Morgan fingerprint density at radius 3 is 2.33 bits per heavy atom. The van der Waals surface area contributed by atoms with Gasteiger partial charge in [0.25, 0.3) is 5.91 Å². The van der Waals surface area contributed by atoms with Gasteiger partial charge in [0.15, 0.2) is 0 Å². The summed E-state index contributed by atoms with van der Waals surface area (Å²) in [7, 11) is 0. The number of nitrogens with one attached hydrogen (secondary N) is 1. The Kier molecular flexibility index (Phi) is 5.41. The summed E-state index contributed by atoms with van der Waals surface area (Å²) < 4.78 is 0. The first-order chi connectivity index (χ1) is 13.0. The fourth-order valence-electron chi connectivity index (χ4n) is 2.57. The number of carbonyl (C=O) groups is 2. The van der Waals surface area contributed by atoms with Crippen LogP contribution in [0.5, 0.6) is 0 Å². The first kappa shape index (κ1) is 18.1. The third-order valence-corrected chi connectivity index (χ3v) is 4.06. The maximum Gasteiger partial charge on any atom is 0.335 e. The minimum absolute atomic E-state index is 0.163. The van der Waals surface area contributed by atoms with Crippen LogP contribution in [0.15, 0.2) is 61.1 Å². The molecule has 0 aliphatic rings. The van der Waals surface area contributed by atoms with Crippen molar-refractivity contribution in [3.63, 3.8) is 0 Å². The van der Waals surface area contributed by atoms with E-state index in [1.54, 1.807) is 61.1 Å². The van der Waals surface area contributed by atoms with Crippen LogP contribution in [0.25, 0.3) is 0 Å². The second kappa shape index (κ2) is 8.09. The van der Waals surface area contributed by atoms with Gasteiger partial charge in [-0.3, -0.25) is 9.78 Å². The molecule has 0 saturated carbocycles. The third kappa shape index (κ3) is 4.66. The lowest BCUT2D eigenvalue weighted by Gasteiger charge is -2.09. The van der Waals surface area contributed by atoms with Gasteiger partial charge in [-0.1, -0.05) is 12.1 Å². The first-order valence-electron chi connectivity index (χ1n) is 8.31. The molecule has 0 aliphatic carbocycles. The van der Waals surface area contributed by atoms with Crippen LogP contribution < -0.4 is 11.1 Å². The SMILES string of the molecule is Nc1ncc(CCc2ccc(C(=O)O)cc2)cc1C(=O)Nc1ccncc1. The van der Waals surface area contributed by atoms with Gasteiger partial charge in [-0.2, -0.15) is 0 Å². The number of aromatic carboxylic acids is 1. The van der Waals surface area contributed by atoms with Crippen molar-refractivity contribution in [2.45, 2.75) is 12.8 Å². The van der Waals surface area contributed by atoms with Crippen LogP contribution in [-0.4, -0.2) is 27.0 Å². The minimum Gasteiger partial charge on any atom is -0.478 e. The molecule has 2 heterocycles. The molecule has 7 heteroatoms. The molecule has 0 atom stereocenters. The van der Waals surface area contributed by atoms with E-state index < -0.39 is 5.97 Å². The molecular weight excluding hydrogens is 344 g/mol. The molecule has 0 unspecified atom stereocenters. The fraction of sp³-hybridized carbons (Fsp3) is 0.100. The molecule has 3 rings (SSSR count). The zero-order valence-corrected chi connectivity index (χ0v) is 14.4. The monoisotopic (exact) mass is 362 g/mol. The number of hydrogen-bond acceptors (Lipinski definition) is 5. The third-order valence-electron chi connectivity index (χ3n) is 4.06. The number of benzene rings is 1. The Labute approximate surface area is 155 Å². The van der Waals surface area contributed by atoms with E-state index in [-0.39, 0.29) is 17.3 Å². The second-order valence-electron chi connectivity index (χ2n) is 5.97. The van der Waals surface area contributed by atoms with E-state index in [9.17, 15) is 9.59 Å². The number of anilines is 2. The van der Waals surface area contributed by atoms with Crippen molar-refractivity contribution in [3.05, 3.63) is 83.3 Å². The molecule has 1 amide bonds. The van der Waals surface area contributed by atoms with Gasteiger partial charge < -0.3 is 16.2 Å². The first-order valence-corrected chi connectivity index (χ1v) is 8.31. The number of rotatable bonds is 6. The summed E-state index contributed by atoms with van der Waals surface area (Å²) in [5.74, 6) is -1.12. The average Bonchev–Trinajstić information content (AvgIpc) is 2.68. The summed E-state index contributed by atoms with van der Waals surface area (Å²) >= 11 is 0. The molecule has 0 saturated heterocycles. The van der Waals surface area contributed by atoms with Gasteiger partial charge in [-0.05, 0) is 54.3 Å². The molecule has 0 radical (unpaired) electrons. The highest BCUT2D eigenvalue weighted by Crippen LogP contribution is 2.16. The van der Waals surface area contributed by atoms with Crippen molar-refractivity contribution in [2.75, 3.05) is 11.1 Å². The van der Waals surface area contributed by atoms with Gasteiger partial charge in [-0.25, -0.2) is 9.78 Å². The number of carboxylic acid groups (broad SMARTS) is 1. The lowest BCUT2D eigenvalue weighted by molar-refractivity contribution is 0.0696. The molecule has 0 aliphatic heterocycles. The van der Waals surface area contributed by atoms with Gasteiger partial charge >= 0.3 is 5.97 Å². The van der Waals surface area contributed by atoms with Crippen molar-refractivity contribution in [1.29, 1.82) is 0 Å². The number of nitrogens with two attached hydrogens (primary N) is 1. The van der Waals surface area contributed by atoms with E-state index in [1.165, 1.54) is 0 Å². The smallest absolute Gasteiger partial charge is 0.335 e. The molecule has 0 spiro atoms. The van der Waals surface area contributed by atoms with Crippen LogP contribution >= 0.6 is 0 Å². The van der Waals surface area contributed by atoms with Crippen molar-refractivity contribution in [3.8, 4) is 0 Å². The van der Waals surface area contributed by atoms with E-state index >= 15 is 0 Å². The summed E-state index contributed by atoms with van der Waals surface area (Å²) in [6.07, 6.45) is 6.16. The zero-order chi connectivity index (χ0) is 19.2. The van der Waals surface area contributed by atoms with E-state index in [0.717, 1.165) is 11.1 Å². The lowest BCUT2D eigenvalue weighted by Crippen LogP contribution is -2.15. The highest BCUT2D eigenvalue weighted by Gasteiger charge is 2.12. The highest BCUT2D eigenvalue weighted by atomic mass is 16.4. The summed E-state index contributed by atoms with van der Waals surface area (Å²) in [4.78, 5) is 31.4. The van der Waals surface area contributed by atoms with Crippen molar-refractivity contribution in [2.24, 2.45) is 0 Å². The molecule has 0 bridgehead atoms. The number of aromatic nitrogens is 2. The number of carboxylic acids is 1. The molecule has 1 aromatic carbocycles. The van der Waals surface area contributed by atoms with E-state index in [2.05, 4.69) is 15.3 Å². The average molecular weight is 362 g/mol. The predicted molar refractivity (Wildman–Crippen MR) is 102 cm³/mol. The fourth-order valence-corrected chi connectivity index (χ4v) is 2.57. The minimum atomic E-state index is -0.950. The molecule has 0 fully saturated rings. The standard InChI is InChI=1S/C20H18N4O3/c21-18-17(19(25)24-16-7-9-22-10-8-16)11-14(12-23-18)2-1-13-3-5-15(6-4-13)20(26)27/h3-12H,1-2H2,(H2,21,23)(H,26,27)(H,22,24,25). The Bertz CT molecular complexity index is 957. The number of carbonyl (C=O) groups excluding carboxylic acids is 1. The quantitative estimate of drug-likeness (QED) is 0.620.